The Hall–Kier alpha value is -2.60. The van der Waals surface area contributed by atoms with Crippen LogP contribution in [0.3, 0.4) is 0 Å². The first-order valence-electron chi connectivity index (χ1n) is 7.93. The van der Waals surface area contributed by atoms with Gasteiger partial charge in [-0.1, -0.05) is 25.1 Å². The van der Waals surface area contributed by atoms with E-state index in [1.165, 1.54) is 7.11 Å². The van der Waals surface area contributed by atoms with E-state index in [9.17, 15) is 4.79 Å². The van der Waals surface area contributed by atoms with Crippen molar-refractivity contribution in [3.63, 3.8) is 0 Å². The Kier molecular flexibility index (Phi) is 6.36. The first kappa shape index (κ1) is 18.7. The molecular weight excluding hydrogens is 336 g/mol. The predicted octanol–water partition coefficient (Wildman–Crippen LogP) is 3.70. The van der Waals surface area contributed by atoms with Crippen LogP contribution >= 0.6 is 12.2 Å². The van der Waals surface area contributed by atoms with Crippen molar-refractivity contribution in [1.29, 1.82) is 0 Å². The highest BCUT2D eigenvalue weighted by Crippen LogP contribution is 2.25. The van der Waals surface area contributed by atoms with Crippen molar-refractivity contribution in [3.8, 4) is 11.5 Å². The molecule has 0 fully saturated rings. The molecule has 0 radical (unpaired) electrons. The van der Waals surface area contributed by atoms with Gasteiger partial charge in [0.1, 0.15) is 11.5 Å². The first-order valence-corrected chi connectivity index (χ1v) is 8.33. The van der Waals surface area contributed by atoms with E-state index in [1.807, 2.05) is 25.1 Å². The predicted molar refractivity (Wildman–Crippen MR) is 104 cm³/mol. The summed E-state index contributed by atoms with van der Waals surface area (Å²) in [6.45, 7) is 4.07. The van der Waals surface area contributed by atoms with Crippen LogP contribution in [-0.2, 0) is 6.42 Å². The summed E-state index contributed by atoms with van der Waals surface area (Å²) < 4.78 is 10.4. The highest BCUT2D eigenvalue weighted by molar-refractivity contribution is 7.80. The summed E-state index contributed by atoms with van der Waals surface area (Å²) in [6.07, 6.45) is 0.868. The number of rotatable bonds is 5. The third-order valence-electron chi connectivity index (χ3n) is 3.86. The number of nitrogens with one attached hydrogen (secondary N) is 2. The van der Waals surface area contributed by atoms with Crippen LogP contribution in [0.15, 0.2) is 36.4 Å². The zero-order valence-electron chi connectivity index (χ0n) is 14.8. The number of hydrogen-bond acceptors (Lipinski definition) is 4. The molecule has 0 spiro atoms. The van der Waals surface area contributed by atoms with Gasteiger partial charge in [-0.3, -0.25) is 10.1 Å². The number of para-hydroxylation sites is 1. The summed E-state index contributed by atoms with van der Waals surface area (Å²) in [5, 5.41) is 6.06. The van der Waals surface area contributed by atoms with Gasteiger partial charge in [0, 0.05) is 11.8 Å². The van der Waals surface area contributed by atoms with Gasteiger partial charge in [-0.2, -0.15) is 0 Å². The first-order chi connectivity index (χ1) is 12.0. The van der Waals surface area contributed by atoms with Crippen LogP contribution in [0, 0.1) is 6.92 Å². The summed E-state index contributed by atoms with van der Waals surface area (Å²) in [5.41, 5.74) is 3.52. The normalized spacial score (nSPS) is 10.1. The minimum absolute atomic E-state index is 0.242. The second-order valence-electron chi connectivity index (χ2n) is 5.44. The Morgan fingerprint density at radius 3 is 2.56 bits per heavy atom. The molecule has 6 heteroatoms. The van der Waals surface area contributed by atoms with E-state index in [1.54, 1.807) is 25.3 Å². The number of thiocarbonyl (C=S) groups is 1. The van der Waals surface area contributed by atoms with Gasteiger partial charge in [0.05, 0.1) is 19.8 Å². The van der Waals surface area contributed by atoms with Gasteiger partial charge < -0.3 is 14.8 Å². The Morgan fingerprint density at radius 2 is 1.92 bits per heavy atom. The molecule has 0 unspecified atom stereocenters. The number of amides is 1. The third kappa shape index (κ3) is 4.48. The number of benzene rings is 2. The summed E-state index contributed by atoms with van der Waals surface area (Å²) in [4.78, 5) is 12.5. The van der Waals surface area contributed by atoms with Crippen molar-refractivity contribution in [2.45, 2.75) is 20.3 Å². The summed E-state index contributed by atoms with van der Waals surface area (Å²) >= 11 is 5.30. The maximum Gasteiger partial charge on any atom is 0.261 e. The number of anilines is 1. The number of carbonyl (C=O) groups excluding carboxylic acids is 1. The average molecular weight is 358 g/mol. The van der Waals surface area contributed by atoms with E-state index < -0.39 is 0 Å². The van der Waals surface area contributed by atoms with Gasteiger partial charge in [0.25, 0.3) is 5.91 Å². The van der Waals surface area contributed by atoms with Crippen molar-refractivity contribution in [2.24, 2.45) is 0 Å². The monoisotopic (exact) mass is 358 g/mol. The largest absolute Gasteiger partial charge is 0.497 e. The SMILES string of the molecule is CCc1cccc(C)c1NC(=S)NC(=O)c1ccc(OC)cc1OC. The zero-order valence-corrected chi connectivity index (χ0v) is 15.6. The molecular formula is C19H22N2O3S. The van der Waals surface area contributed by atoms with Crippen LogP contribution in [0.4, 0.5) is 5.69 Å². The van der Waals surface area contributed by atoms with Crippen molar-refractivity contribution in [2.75, 3.05) is 19.5 Å². The Balaban J connectivity index is 2.15. The quantitative estimate of drug-likeness (QED) is 0.798. The molecule has 0 bridgehead atoms. The maximum atomic E-state index is 12.5. The molecule has 5 nitrogen and oxygen atoms in total. The molecule has 0 atom stereocenters. The fourth-order valence-electron chi connectivity index (χ4n) is 2.50. The Morgan fingerprint density at radius 1 is 1.16 bits per heavy atom. The number of hydrogen-bond donors (Lipinski definition) is 2. The molecule has 0 saturated carbocycles. The van der Waals surface area contributed by atoms with Crippen molar-refractivity contribution >= 4 is 28.9 Å². The van der Waals surface area contributed by atoms with Crippen LogP contribution in [0.1, 0.15) is 28.4 Å². The van der Waals surface area contributed by atoms with Gasteiger partial charge in [-0.25, -0.2) is 0 Å². The number of ether oxygens (including phenoxy) is 2. The summed E-state index contributed by atoms with van der Waals surface area (Å²) in [6, 6.07) is 11.0. The van der Waals surface area contributed by atoms with E-state index in [0.717, 1.165) is 23.2 Å². The fraction of sp³-hybridized carbons (Fsp3) is 0.263. The highest BCUT2D eigenvalue weighted by atomic mass is 32.1. The second-order valence-corrected chi connectivity index (χ2v) is 5.85. The zero-order chi connectivity index (χ0) is 18.4. The minimum Gasteiger partial charge on any atom is -0.497 e. The van der Waals surface area contributed by atoms with E-state index in [4.69, 9.17) is 21.7 Å². The molecule has 2 N–H and O–H groups in total. The maximum absolute atomic E-state index is 12.5. The van der Waals surface area contributed by atoms with Gasteiger partial charge >= 0.3 is 0 Å². The van der Waals surface area contributed by atoms with Crippen molar-refractivity contribution in [1.82, 2.24) is 5.32 Å². The number of methoxy groups -OCH3 is 2. The molecule has 1 amide bonds. The minimum atomic E-state index is -0.344. The number of aryl methyl sites for hydroxylation is 2. The molecule has 0 aromatic heterocycles. The summed E-state index contributed by atoms with van der Waals surface area (Å²) in [5.74, 6) is 0.690. The van der Waals surface area contributed by atoms with Gasteiger partial charge in [-0.05, 0) is 48.8 Å². The van der Waals surface area contributed by atoms with E-state index >= 15 is 0 Å². The standard InChI is InChI=1S/C19H22N2O3S/c1-5-13-8-6-7-12(2)17(13)20-19(25)21-18(22)15-10-9-14(23-3)11-16(15)24-4/h6-11H,5H2,1-4H3,(H2,20,21,22,25). The molecule has 2 aromatic rings. The molecule has 0 heterocycles. The molecule has 2 rings (SSSR count). The van der Waals surface area contributed by atoms with E-state index in [-0.39, 0.29) is 11.0 Å². The van der Waals surface area contributed by atoms with Crippen molar-refractivity contribution in [3.05, 3.63) is 53.1 Å². The molecule has 0 aliphatic heterocycles. The van der Waals surface area contributed by atoms with Crippen LogP contribution in [0.25, 0.3) is 0 Å². The van der Waals surface area contributed by atoms with Gasteiger partial charge in [0.2, 0.25) is 0 Å². The summed E-state index contributed by atoms with van der Waals surface area (Å²) in [7, 11) is 3.06. The number of carbonyl (C=O) groups is 1. The topological polar surface area (TPSA) is 59.6 Å². The van der Waals surface area contributed by atoms with Crippen LogP contribution < -0.4 is 20.1 Å². The molecule has 132 valence electrons. The molecule has 0 aliphatic carbocycles. The van der Waals surface area contributed by atoms with Gasteiger partial charge in [-0.15, -0.1) is 0 Å². The third-order valence-corrected chi connectivity index (χ3v) is 4.06. The van der Waals surface area contributed by atoms with Crippen molar-refractivity contribution < 1.29 is 14.3 Å². The average Bonchev–Trinajstić information content (AvgIpc) is 2.62. The van der Waals surface area contributed by atoms with Crippen LogP contribution in [0.2, 0.25) is 0 Å². The van der Waals surface area contributed by atoms with Gasteiger partial charge in [0.15, 0.2) is 5.11 Å². The molecule has 0 saturated heterocycles. The highest BCUT2D eigenvalue weighted by Gasteiger charge is 2.15. The molecule has 0 aliphatic rings. The van der Waals surface area contributed by atoms with E-state index in [0.29, 0.717) is 17.1 Å². The van der Waals surface area contributed by atoms with Crippen LogP contribution in [0.5, 0.6) is 11.5 Å². The fourth-order valence-corrected chi connectivity index (χ4v) is 2.70. The Bertz CT molecular complexity index is 790. The Labute approximate surface area is 153 Å². The van der Waals surface area contributed by atoms with Crippen LogP contribution in [-0.4, -0.2) is 25.2 Å². The van der Waals surface area contributed by atoms with E-state index in [2.05, 4.69) is 17.6 Å². The smallest absolute Gasteiger partial charge is 0.261 e. The second kappa shape index (κ2) is 8.48. The lowest BCUT2D eigenvalue weighted by atomic mass is 10.1. The lowest BCUT2D eigenvalue weighted by Crippen LogP contribution is -2.34. The molecule has 2 aromatic carbocycles. The molecule has 25 heavy (non-hydrogen) atoms. The lowest BCUT2D eigenvalue weighted by Gasteiger charge is -2.16. The lowest BCUT2D eigenvalue weighted by molar-refractivity contribution is 0.0974.